The maximum Gasteiger partial charge on any atom is 0.245 e. The quantitative estimate of drug-likeness (QED) is 0.390. The van der Waals surface area contributed by atoms with E-state index in [-0.39, 0.29) is 18.3 Å². The van der Waals surface area contributed by atoms with E-state index in [1.54, 1.807) is 6.21 Å². The summed E-state index contributed by atoms with van der Waals surface area (Å²) in [6.07, 6.45) is 3.09. The summed E-state index contributed by atoms with van der Waals surface area (Å²) in [7, 11) is 6.36. The summed E-state index contributed by atoms with van der Waals surface area (Å²) >= 11 is 0. The third-order valence-corrected chi connectivity index (χ3v) is 1.47. The van der Waals surface area contributed by atoms with Crippen molar-refractivity contribution in [2.24, 2.45) is 4.99 Å². The topological polar surface area (TPSA) is 29.4 Å². The lowest BCUT2D eigenvalue weighted by Crippen LogP contribution is -3.00. The van der Waals surface area contributed by atoms with E-state index in [1.807, 2.05) is 6.92 Å². The average Bonchev–Trinajstić information content (AvgIpc) is 1.96. The number of hydrogen-bond donors (Lipinski definition) is 0. The Hall–Kier alpha value is -0.410. The highest BCUT2D eigenvalue weighted by atomic mass is 35.5. The van der Waals surface area contributed by atoms with Gasteiger partial charge in [0.25, 0.3) is 0 Å². The van der Waals surface area contributed by atoms with Crippen LogP contribution in [-0.4, -0.2) is 44.3 Å². The number of nitrogens with zero attached hydrogens (tertiary/aromatic N) is 2. The van der Waals surface area contributed by atoms with Crippen LogP contribution in [0.15, 0.2) is 4.99 Å². The maximum atomic E-state index is 10.7. The van der Waals surface area contributed by atoms with E-state index >= 15 is 0 Å². The van der Waals surface area contributed by atoms with Crippen LogP contribution >= 0.6 is 0 Å². The minimum Gasteiger partial charge on any atom is -1.00 e. The first-order chi connectivity index (χ1) is 5.45. The molecule has 0 rings (SSSR count). The molecule has 13 heavy (non-hydrogen) atoms. The van der Waals surface area contributed by atoms with Crippen molar-refractivity contribution in [3.63, 3.8) is 0 Å². The second kappa shape index (κ2) is 7.04. The lowest BCUT2D eigenvalue weighted by atomic mass is 10.4. The van der Waals surface area contributed by atoms with Crippen molar-refractivity contribution in [2.45, 2.75) is 19.8 Å². The summed E-state index contributed by atoms with van der Waals surface area (Å²) in [6.45, 7) is 2.83. The lowest BCUT2D eigenvalue weighted by molar-refractivity contribution is -0.869. The van der Waals surface area contributed by atoms with E-state index in [4.69, 9.17) is 0 Å². The molecule has 0 N–H and O–H groups in total. The van der Waals surface area contributed by atoms with Crippen molar-refractivity contribution >= 4 is 12.1 Å². The van der Waals surface area contributed by atoms with Crippen molar-refractivity contribution in [3.05, 3.63) is 0 Å². The Labute approximate surface area is 86.8 Å². The van der Waals surface area contributed by atoms with Gasteiger partial charge in [0, 0.05) is 19.1 Å². The Morgan fingerprint density at radius 2 is 1.92 bits per heavy atom. The van der Waals surface area contributed by atoms with E-state index in [0.717, 1.165) is 17.4 Å². The molecule has 0 aliphatic heterocycles. The molecule has 0 spiro atoms. The van der Waals surface area contributed by atoms with Crippen LogP contribution in [0.2, 0.25) is 0 Å². The zero-order chi connectivity index (χ0) is 9.61. The van der Waals surface area contributed by atoms with Gasteiger partial charge in [-0.05, 0) is 0 Å². The molecule has 0 saturated heterocycles. The Balaban J connectivity index is 0. The summed E-state index contributed by atoms with van der Waals surface area (Å²) < 4.78 is 0.909. The molecule has 0 atom stereocenters. The van der Waals surface area contributed by atoms with E-state index in [1.165, 1.54) is 0 Å². The van der Waals surface area contributed by atoms with Gasteiger partial charge in [-0.15, -0.1) is 0 Å². The molecule has 0 aliphatic carbocycles. The minimum absolute atomic E-state index is 0. The van der Waals surface area contributed by atoms with Crippen molar-refractivity contribution in [1.29, 1.82) is 0 Å². The Kier molecular flexibility index (Phi) is 8.16. The van der Waals surface area contributed by atoms with Crippen molar-refractivity contribution in [1.82, 2.24) is 0 Å². The van der Waals surface area contributed by atoms with Crippen LogP contribution in [0, 0.1) is 0 Å². The molecule has 0 saturated carbocycles. The number of amides is 1. The fourth-order valence-corrected chi connectivity index (χ4v) is 0.703. The van der Waals surface area contributed by atoms with Crippen LogP contribution in [0.25, 0.3) is 0 Å². The summed E-state index contributed by atoms with van der Waals surface area (Å²) in [5, 5.41) is 0. The van der Waals surface area contributed by atoms with E-state index in [9.17, 15) is 4.79 Å². The molecule has 0 aromatic heterocycles. The second-order valence-electron chi connectivity index (χ2n) is 3.86. The number of hydrogen-bond acceptors (Lipinski definition) is 1. The number of carbonyl (C=O) groups is 1. The molecule has 78 valence electrons. The van der Waals surface area contributed by atoms with E-state index < -0.39 is 0 Å². The van der Waals surface area contributed by atoms with Crippen molar-refractivity contribution in [2.75, 3.05) is 27.7 Å². The van der Waals surface area contributed by atoms with Gasteiger partial charge in [-0.2, -0.15) is 0 Å². The number of halogens is 1. The van der Waals surface area contributed by atoms with Crippen LogP contribution in [0.5, 0.6) is 0 Å². The molecule has 3 nitrogen and oxygen atoms in total. The van der Waals surface area contributed by atoms with Gasteiger partial charge in [0.15, 0.2) is 0 Å². The largest absolute Gasteiger partial charge is 1.00 e. The predicted octanol–water partition coefficient (Wildman–Crippen LogP) is -1.91. The van der Waals surface area contributed by atoms with Gasteiger partial charge in [0.1, 0.15) is 0 Å². The Morgan fingerprint density at radius 3 is 2.31 bits per heavy atom. The second-order valence-corrected chi connectivity index (χ2v) is 3.86. The fourth-order valence-electron chi connectivity index (χ4n) is 0.703. The molecule has 0 aromatic rings. The molecule has 0 fully saturated rings. The standard InChI is InChI=1S/C9H19N2O.ClH/c1-5-9(12)10-7-6-8-11(2,3)4;/h7H,5-6,8H2,1-4H3;1H/q+1;/p-1. The van der Waals surface area contributed by atoms with Gasteiger partial charge < -0.3 is 16.9 Å². The van der Waals surface area contributed by atoms with Crippen LogP contribution in [-0.2, 0) is 4.79 Å². The molecular weight excluding hydrogens is 188 g/mol. The van der Waals surface area contributed by atoms with E-state index in [0.29, 0.717) is 6.42 Å². The van der Waals surface area contributed by atoms with E-state index in [2.05, 4.69) is 26.1 Å². The molecule has 0 aromatic carbocycles. The molecular formula is C9H19ClN2O. The van der Waals surface area contributed by atoms with Crippen molar-refractivity contribution in [3.8, 4) is 0 Å². The molecule has 0 heterocycles. The average molecular weight is 207 g/mol. The molecule has 0 aliphatic rings. The number of rotatable bonds is 4. The number of carbonyl (C=O) groups excluding carboxylic acids is 1. The zero-order valence-electron chi connectivity index (χ0n) is 8.88. The highest BCUT2D eigenvalue weighted by Crippen LogP contribution is 1.91. The first-order valence-electron chi connectivity index (χ1n) is 4.31. The van der Waals surface area contributed by atoms with Gasteiger partial charge in [-0.1, -0.05) is 6.92 Å². The molecule has 4 heteroatoms. The van der Waals surface area contributed by atoms with Gasteiger partial charge in [0.05, 0.1) is 27.7 Å². The van der Waals surface area contributed by atoms with Crippen molar-refractivity contribution < 1.29 is 21.7 Å². The molecule has 0 unspecified atom stereocenters. The number of quaternary nitrogens is 1. The van der Waals surface area contributed by atoms with Gasteiger partial charge in [-0.25, -0.2) is 4.99 Å². The lowest BCUT2D eigenvalue weighted by Gasteiger charge is -2.22. The first-order valence-corrected chi connectivity index (χ1v) is 4.31. The van der Waals surface area contributed by atoms with Gasteiger partial charge >= 0.3 is 0 Å². The molecule has 0 bridgehead atoms. The Bertz CT molecular complexity index is 173. The normalized spacial score (nSPS) is 11.4. The fraction of sp³-hybridized carbons (Fsp3) is 0.778. The molecule has 1 amide bonds. The monoisotopic (exact) mass is 206 g/mol. The summed E-state index contributed by atoms with van der Waals surface area (Å²) in [6, 6.07) is 0. The zero-order valence-corrected chi connectivity index (χ0v) is 9.64. The van der Waals surface area contributed by atoms with Gasteiger partial charge in [0.2, 0.25) is 5.91 Å². The molecule has 0 radical (unpaired) electrons. The van der Waals surface area contributed by atoms with Crippen LogP contribution < -0.4 is 12.4 Å². The van der Waals surface area contributed by atoms with Crippen LogP contribution in [0.3, 0.4) is 0 Å². The maximum absolute atomic E-state index is 10.7. The predicted molar refractivity (Wildman–Crippen MR) is 51.3 cm³/mol. The minimum atomic E-state index is -0.0311. The number of aliphatic imine (C=N–C) groups is 1. The SMILES string of the molecule is CCC(=O)N=CCC[N+](C)(C)C.[Cl-]. The van der Waals surface area contributed by atoms with Crippen LogP contribution in [0.4, 0.5) is 0 Å². The first kappa shape index (κ1) is 15.1. The van der Waals surface area contributed by atoms with Gasteiger partial charge in [-0.3, -0.25) is 4.79 Å². The summed E-state index contributed by atoms with van der Waals surface area (Å²) in [5.41, 5.74) is 0. The smallest absolute Gasteiger partial charge is 0.245 e. The third-order valence-electron chi connectivity index (χ3n) is 1.47. The highest BCUT2D eigenvalue weighted by Gasteiger charge is 2.03. The summed E-state index contributed by atoms with van der Waals surface area (Å²) in [4.78, 5) is 14.5. The highest BCUT2D eigenvalue weighted by molar-refractivity contribution is 5.84. The Morgan fingerprint density at radius 1 is 1.38 bits per heavy atom. The van der Waals surface area contributed by atoms with Crippen LogP contribution in [0.1, 0.15) is 19.8 Å². The third kappa shape index (κ3) is 11.6. The summed E-state index contributed by atoms with van der Waals surface area (Å²) in [5.74, 6) is -0.0311.